The van der Waals surface area contributed by atoms with Crippen molar-refractivity contribution in [2.24, 2.45) is 0 Å². The molecule has 0 radical (unpaired) electrons. The van der Waals surface area contributed by atoms with E-state index in [0.717, 1.165) is 5.56 Å². The zero-order chi connectivity index (χ0) is 12.4. The SMILES string of the molecule is COC(=O)c1c(-c2ncco2)ccc(C)c1N. The Morgan fingerprint density at radius 3 is 2.82 bits per heavy atom. The number of esters is 1. The predicted molar refractivity (Wildman–Crippen MR) is 62.4 cm³/mol. The Morgan fingerprint density at radius 1 is 1.47 bits per heavy atom. The average molecular weight is 232 g/mol. The second-order valence-electron chi connectivity index (χ2n) is 3.55. The zero-order valence-corrected chi connectivity index (χ0v) is 9.56. The first-order chi connectivity index (χ1) is 8.15. The largest absolute Gasteiger partial charge is 0.465 e. The van der Waals surface area contributed by atoms with E-state index in [4.69, 9.17) is 14.9 Å². The summed E-state index contributed by atoms with van der Waals surface area (Å²) < 4.78 is 9.90. The Bertz CT molecular complexity index is 547. The van der Waals surface area contributed by atoms with Crippen LogP contribution in [0.1, 0.15) is 15.9 Å². The summed E-state index contributed by atoms with van der Waals surface area (Å²) in [7, 11) is 1.31. The van der Waals surface area contributed by atoms with E-state index in [1.54, 1.807) is 12.1 Å². The summed E-state index contributed by atoms with van der Waals surface area (Å²) >= 11 is 0. The van der Waals surface area contributed by atoms with Crippen molar-refractivity contribution in [1.29, 1.82) is 0 Å². The van der Waals surface area contributed by atoms with E-state index in [1.165, 1.54) is 19.6 Å². The molecule has 0 spiro atoms. The highest BCUT2D eigenvalue weighted by Gasteiger charge is 2.20. The summed E-state index contributed by atoms with van der Waals surface area (Å²) in [5.41, 5.74) is 7.90. The van der Waals surface area contributed by atoms with Gasteiger partial charge in [-0.3, -0.25) is 0 Å². The Labute approximate surface area is 98.2 Å². The lowest BCUT2D eigenvalue weighted by atomic mass is 10.0. The summed E-state index contributed by atoms with van der Waals surface area (Å²) in [6.45, 7) is 1.82. The van der Waals surface area contributed by atoms with Gasteiger partial charge in [0.25, 0.3) is 0 Å². The maximum Gasteiger partial charge on any atom is 0.340 e. The minimum absolute atomic E-state index is 0.287. The molecule has 0 aliphatic carbocycles. The van der Waals surface area contributed by atoms with Crippen molar-refractivity contribution < 1.29 is 13.9 Å². The molecule has 0 aliphatic heterocycles. The number of anilines is 1. The minimum Gasteiger partial charge on any atom is -0.465 e. The molecule has 1 aromatic heterocycles. The molecule has 2 N–H and O–H groups in total. The number of nitrogens with zero attached hydrogens (tertiary/aromatic N) is 1. The quantitative estimate of drug-likeness (QED) is 0.633. The first-order valence-electron chi connectivity index (χ1n) is 5.02. The molecular weight excluding hydrogens is 220 g/mol. The second kappa shape index (κ2) is 4.29. The van der Waals surface area contributed by atoms with Crippen LogP contribution < -0.4 is 5.73 Å². The number of benzene rings is 1. The van der Waals surface area contributed by atoms with Crippen molar-refractivity contribution in [3.63, 3.8) is 0 Å². The Balaban J connectivity index is 2.68. The van der Waals surface area contributed by atoms with Crippen LogP contribution in [0.3, 0.4) is 0 Å². The molecule has 1 heterocycles. The standard InChI is InChI=1S/C12H12N2O3/c1-7-3-4-8(11-14-5-6-17-11)9(10(7)13)12(15)16-2/h3-6H,13H2,1-2H3. The lowest BCUT2D eigenvalue weighted by Crippen LogP contribution is -2.09. The molecule has 0 amide bonds. The minimum atomic E-state index is -0.501. The van der Waals surface area contributed by atoms with Crippen molar-refractivity contribution in [1.82, 2.24) is 4.98 Å². The van der Waals surface area contributed by atoms with Gasteiger partial charge in [-0.25, -0.2) is 9.78 Å². The number of hydrogen-bond acceptors (Lipinski definition) is 5. The van der Waals surface area contributed by atoms with Crippen LogP contribution in [0.2, 0.25) is 0 Å². The Morgan fingerprint density at radius 2 is 2.24 bits per heavy atom. The molecule has 5 nitrogen and oxygen atoms in total. The first-order valence-corrected chi connectivity index (χ1v) is 5.02. The number of rotatable bonds is 2. The molecule has 1 aromatic carbocycles. The van der Waals surface area contributed by atoms with Crippen LogP contribution in [0.15, 0.2) is 29.0 Å². The highest BCUT2D eigenvalue weighted by atomic mass is 16.5. The molecule has 2 rings (SSSR count). The van der Waals surface area contributed by atoms with Gasteiger partial charge < -0.3 is 14.9 Å². The summed E-state index contributed by atoms with van der Waals surface area (Å²) in [5.74, 6) is -0.156. The first kappa shape index (κ1) is 11.2. The van der Waals surface area contributed by atoms with Crippen LogP contribution >= 0.6 is 0 Å². The van der Waals surface area contributed by atoms with E-state index in [1.807, 2.05) is 6.92 Å². The second-order valence-corrected chi connectivity index (χ2v) is 3.55. The number of aryl methyl sites for hydroxylation is 1. The molecule has 0 bridgehead atoms. The van der Waals surface area contributed by atoms with Gasteiger partial charge in [0.05, 0.1) is 24.4 Å². The molecule has 5 heteroatoms. The van der Waals surface area contributed by atoms with Crippen LogP contribution in [0, 0.1) is 6.92 Å². The smallest absolute Gasteiger partial charge is 0.340 e. The lowest BCUT2D eigenvalue weighted by Gasteiger charge is -2.10. The fourth-order valence-corrected chi connectivity index (χ4v) is 1.58. The van der Waals surface area contributed by atoms with Crippen LogP contribution in [0.4, 0.5) is 5.69 Å². The van der Waals surface area contributed by atoms with Gasteiger partial charge in [-0.1, -0.05) is 6.07 Å². The van der Waals surface area contributed by atoms with Crippen molar-refractivity contribution in [3.8, 4) is 11.5 Å². The summed E-state index contributed by atoms with van der Waals surface area (Å²) in [6, 6.07) is 3.55. The van der Waals surface area contributed by atoms with Gasteiger partial charge in [-0.2, -0.15) is 0 Å². The number of carbonyl (C=O) groups is 1. The number of nitrogen functional groups attached to an aromatic ring is 1. The fourth-order valence-electron chi connectivity index (χ4n) is 1.58. The zero-order valence-electron chi connectivity index (χ0n) is 9.56. The maximum absolute atomic E-state index is 11.7. The Hall–Kier alpha value is -2.30. The van der Waals surface area contributed by atoms with Crippen molar-refractivity contribution >= 4 is 11.7 Å². The van der Waals surface area contributed by atoms with Gasteiger partial charge >= 0.3 is 5.97 Å². The molecule has 0 saturated heterocycles. The van der Waals surface area contributed by atoms with Crippen LogP contribution in [0.25, 0.3) is 11.5 Å². The molecule has 0 fully saturated rings. The summed E-state index contributed by atoms with van der Waals surface area (Å²) in [5, 5.41) is 0. The van der Waals surface area contributed by atoms with E-state index >= 15 is 0 Å². The van der Waals surface area contributed by atoms with Gasteiger partial charge in [0.1, 0.15) is 6.26 Å². The molecular formula is C12H12N2O3. The van der Waals surface area contributed by atoms with Crippen LogP contribution in [0.5, 0.6) is 0 Å². The highest BCUT2D eigenvalue weighted by Crippen LogP contribution is 2.29. The number of nitrogens with two attached hydrogens (primary N) is 1. The fraction of sp³-hybridized carbons (Fsp3) is 0.167. The van der Waals surface area contributed by atoms with E-state index in [-0.39, 0.29) is 5.56 Å². The normalized spacial score (nSPS) is 10.2. The van der Waals surface area contributed by atoms with Crippen LogP contribution in [-0.4, -0.2) is 18.1 Å². The van der Waals surface area contributed by atoms with Crippen molar-refractivity contribution in [3.05, 3.63) is 35.7 Å². The number of methoxy groups -OCH3 is 1. The lowest BCUT2D eigenvalue weighted by molar-refractivity contribution is 0.0602. The third-order valence-corrected chi connectivity index (χ3v) is 2.52. The number of hydrogen-bond donors (Lipinski definition) is 1. The predicted octanol–water partition coefficient (Wildman–Crippen LogP) is 2.02. The van der Waals surface area contributed by atoms with Crippen molar-refractivity contribution in [2.45, 2.75) is 6.92 Å². The van der Waals surface area contributed by atoms with Gasteiger partial charge in [-0.05, 0) is 18.6 Å². The number of carbonyl (C=O) groups excluding carboxylic acids is 1. The highest BCUT2D eigenvalue weighted by molar-refractivity contribution is 6.02. The molecule has 0 atom stereocenters. The van der Waals surface area contributed by atoms with E-state index in [2.05, 4.69) is 4.98 Å². The molecule has 0 saturated carbocycles. The topological polar surface area (TPSA) is 78.3 Å². The van der Waals surface area contributed by atoms with Gasteiger partial charge in [-0.15, -0.1) is 0 Å². The third-order valence-electron chi connectivity index (χ3n) is 2.52. The Kier molecular flexibility index (Phi) is 2.82. The van der Waals surface area contributed by atoms with E-state index in [0.29, 0.717) is 17.1 Å². The molecule has 88 valence electrons. The van der Waals surface area contributed by atoms with Crippen molar-refractivity contribution in [2.75, 3.05) is 12.8 Å². The van der Waals surface area contributed by atoms with Crippen LogP contribution in [-0.2, 0) is 4.74 Å². The van der Waals surface area contributed by atoms with E-state index in [9.17, 15) is 4.79 Å². The van der Waals surface area contributed by atoms with Gasteiger partial charge in [0.15, 0.2) is 0 Å². The molecule has 2 aromatic rings. The maximum atomic E-state index is 11.7. The number of ether oxygens (including phenoxy) is 1. The number of aromatic nitrogens is 1. The van der Waals surface area contributed by atoms with E-state index < -0.39 is 5.97 Å². The summed E-state index contributed by atoms with van der Waals surface area (Å²) in [6.07, 6.45) is 2.94. The average Bonchev–Trinajstić information content (AvgIpc) is 2.85. The molecule has 0 unspecified atom stereocenters. The summed E-state index contributed by atoms with van der Waals surface area (Å²) in [4.78, 5) is 15.7. The number of oxazole rings is 1. The monoisotopic (exact) mass is 232 g/mol. The van der Waals surface area contributed by atoms with Gasteiger partial charge in [0.2, 0.25) is 5.89 Å². The third kappa shape index (κ3) is 1.87. The molecule has 17 heavy (non-hydrogen) atoms. The van der Waals surface area contributed by atoms with Gasteiger partial charge in [0, 0.05) is 5.69 Å². The molecule has 0 aliphatic rings.